The molecule has 0 unspecified atom stereocenters. The van der Waals surface area contributed by atoms with Crippen LogP contribution in [0.25, 0.3) is 21.9 Å². The molecule has 28 heavy (non-hydrogen) atoms. The molecule has 1 N–H and O–H groups in total. The zero-order valence-electron chi connectivity index (χ0n) is 15.9. The molecule has 3 aromatic carbocycles. The molecule has 2 heteroatoms. The second kappa shape index (κ2) is 6.08. The van der Waals surface area contributed by atoms with Crippen molar-refractivity contribution in [3.05, 3.63) is 71.2 Å². The van der Waals surface area contributed by atoms with Crippen LogP contribution < -0.4 is 0 Å². The largest absolute Gasteiger partial charge is 0.385 e. The Balaban J connectivity index is 1.66. The third-order valence-electron chi connectivity index (χ3n) is 7.88. The summed E-state index contributed by atoms with van der Waals surface area (Å²) in [6.07, 6.45) is 6.09. The zero-order chi connectivity index (χ0) is 18.9. The summed E-state index contributed by atoms with van der Waals surface area (Å²) in [5, 5.41) is 15.6. The van der Waals surface area contributed by atoms with Crippen molar-refractivity contribution in [2.45, 2.75) is 37.7 Å². The third-order valence-corrected chi connectivity index (χ3v) is 8.21. The van der Waals surface area contributed by atoms with Gasteiger partial charge in [0.15, 0.2) is 0 Å². The minimum atomic E-state index is -0.747. The number of benzene rings is 3. The van der Waals surface area contributed by atoms with E-state index in [1.54, 1.807) is 0 Å². The van der Waals surface area contributed by atoms with Crippen LogP contribution >= 0.6 is 11.6 Å². The maximum absolute atomic E-state index is 12.4. The second-order valence-corrected chi connectivity index (χ2v) is 9.73. The molecule has 0 spiro atoms. The highest BCUT2D eigenvalue weighted by molar-refractivity contribution is 6.33. The lowest BCUT2D eigenvalue weighted by molar-refractivity contribution is -0.178. The number of hydrogen-bond donors (Lipinski definition) is 1. The van der Waals surface area contributed by atoms with Crippen molar-refractivity contribution in [1.82, 2.24) is 0 Å². The predicted octanol–water partition coefficient (Wildman–Crippen LogP) is 6.80. The molecule has 0 aliphatic heterocycles. The minimum Gasteiger partial charge on any atom is -0.385 e. The summed E-state index contributed by atoms with van der Waals surface area (Å²) in [7, 11) is 0. The first kappa shape index (κ1) is 17.1. The summed E-state index contributed by atoms with van der Waals surface area (Å²) >= 11 is 6.64. The first-order valence-electron chi connectivity index (χ1n) is 10.6. The van der Waals surface area contributed by atoms with Gasteiger partial charge < -0.3 is 5.11 Å². The van der Waals surface area contributed by atoms with Crippen molar-refractivity contribution < 1.29 is 5.11 Å². The molecule has 4 fully saturated rings. The highest BCUT2D eigenvalue weighted by atomic mass is 35.5. The summed E-state index contributed by atoms with van der Waals surface area (Å²) in [6, 6.07) is 21.0. The maximum atomic E-state index is 12.4. The standard InChI is InChI=1S/C26H25ClO/c27-24-8-4-3-7-22(24)23-10-9-18-5-1-2-6-21(18)25(23)26(28)19-12-16-11-17(14-19)15-20(26)13-16/h1-10,16-17,19-20,28H,11-15H2. The molecular formula is C26H25ClO. The van der Waals surface area contributed by atoms with E-state index in [1.165, 1.54) is 42.9 Å². The van der Waals surface area contributed by atoms with E-state index in [2.05, 4.69) is 42.5 Å². The normalized spacial score (nSPS) is 33.5. The van der Waals surface area contributed by atoms with Crippen molar-refractivity contribution in [2.24, 2.45) is 23.7 Å². The topological polar surface area (TPSA) is 20.2 Å². The fourth-order valence-electron chi connectivity index (χ4n) is 6.92. The molecule has 0 saturated heterocycles. The Morgan fingerprint density at radius 3 is 2.07 bits per heavy atom. The molecule has 142 valence electrons. The van der Waals surface area contributed by atoms with Gasteiger partial charge in [-0.2, -0.15) is 0 Å². The van der Waals surface area contributed by atoms with Gasteiger partial charge in [-0.15, -0.1) is 0 Å². The van der Waals surface area contributed by atoms with Crippen LogP contribution in [0.5, 0.6) is 0 Å². The summed E-state index contributed by atoms with van der Waals surface area (Å²) in [4.78, 5) is 0. The monoisotopic (exact) mass is 388 g/mol. The lowest BCUT2D eigenvalue weighted by atomic mass is 9.48. The molecule has 1 nitrogen and oxygen atoms in total. The van der Waals surface area contributed by atoms with E-state index in [4.69, 9.17) is 11.6 Å². The first-order chi connectivity index (χ1) is 13.6. The highest BCUT2D eigenvalue weighted by Gasteiger charge is 2.58. The van der Waals surface area contributed by atoms with E-state index in [0.29, 0.717) is 11.8 Å². The van der Waals surface area contributed by atoms with Gasteiger partial charge in [-0.25, -0.2) is 0 Å². The van der Waals surface area contributed by atoms with Crippen molar-refractivity contribution >= 4 is 22.4 Å². The Morgan fingerprint density at radius 1 is 0.714 bits per heavy atom. The van der Waals surface area contributed by atoms with Crippen LogP contribution in [0.15, 0.2) is 60.7 Å². The van der Waals surface area contributed by atoms with Gasteiger partial charge in [0.2, 0.25) is 0 Å². The summed E-state index contributed by atoms with van der Waals surface area (Å²) in [6.45, 7) is 0. The van der Waals surface area contributed by atoms with Crippen molar-refractivity contribution in [3.8, 4) is 11.1 Å². The molecule has 4 saturated carbocycles. The Hall–Kier alpha value is -1.83. The number of aliphatic hydroxyl groups is 1. The lowest BCUT2D eigenvalue weighted by Gasteiger charge is -2.59. The van der Waals surface area contributed by atoms with E-state index in [0.717, 1.165) is 33.5 Å². The van der Waals surface area contributed by atoms with E-state index < -0.39 is 5.60 Å². The van der Waals surface area contributed by atoms with E-state index in [-0.39, 0.29) is 0 Å². The zero-order valence-corrected chi connectivity index (χ0v) is 16.7. The third kappa shape index (κ3) is 2.30. The van der Waals surface area contributed by atoms with E-state index in [9.17, 15) is 5.11 Å². The number of hydrogen-bond acceptors (Lipinski definition) is 1. The molecule has 0 heterocycles. The molecule has 3 aromatic rings. The molecule has 7 rings (SSSR count). The molecule has 0 aromatic heterocycles. The van der Waals surface area contributed by atoms with Gasteiger partial charge in [-0.3, -0.25) is 0 Å². The van der Waals surface area contributed by atoms with Crippen LogP contribution in [0.4, 0.5) is 0 Å². The lowest BCUT2D eigenvalue weighted by Crippen LogP contribution is -2.55. The van der Waals surface area contributed by atoms with Crippen LogP contribution in [0, 0.1) is 23.7 Å². The number of rotatable bonds is 2. The number of halogens is 1. The van der Waals surface area contributed by atoms with Crippen LogP contribution in [0.1, 0.15) is 37.7 Å². The molecule has 4 aliphatic carbocycles. The van der Waals surface area contributed by atoms with E-state index in [1.807, 2.05) is 18.2 Å². The van der Waals surface area contributed by atoms with Gasteiger partial charge >= 0.3 is 0 Å². The average Bonchev–Trinajstić information content (AvgIpc) is 2.71. The van der Waals surface area contributed by atoms with Crippen LogP contribution in [0.3, 0.4) is 0 Å². The van der Waals surface area contributed by atoms with Crippen molar-refractivity contribution in [3.63, 3.8) is 0 Å². The SMILES string of the molecule is OC1(c2c(-c3ccccc3Cl)ccc3ccccc23)C2CC3CC(C2)CC1C3. The van der Waals surface area contributed by atoms with Gasteiger partial charge in [0.25, 0.3) is 0 Å². The van der Waals surface area contributed by atoms with Crippen molar-refractivity contribution in [2.75, 3.05) is 0 Å². The van der Waals surface area contributed by atoms with Gasteiger partial charge in [-0.1, -0.05) is 66.2 Å². The van der Waals surface area contributed by atoms with Crippen LogP contribution in [0.2, 0.25) is 5.02 Å². The van der Waals surface area contributed by atoms with Crippen molar-refractivity contribution in [1.29, 1.82) is 0 Å². The fraction of sp³-hybridized carbons (Fsp3) is 0.385. The van der Waals surface area contributed by atoms with Gasteiger partial charge in [-0.05, 0) is 83.7 Å². The molecule has 4 aliphatic rings. The highest BCUT2D eigenvalue weighted by Crippen LogP contribution is 2.63. The summed E-state index contributed by atoms with van der Waals surface area (Å²) < 4.78 is 0. The van der Waals surface area contributed by atoms with Gasteiger partial charge in [0, 0.05) is 10.6 Å². The summed E-state index contributed by atoms with van der Waals surface area (Å²) in [5.41, 5.74) is 2.53. The Kier molecular flexibility index (Phi) is 3.71. The summed E-state index contributed by atoms with van der Waals surface area (Å²) in [5.74, 6) is 2.38. The van der Waals surface area contributed by atoms with Gasteiger partial charge in [0.05, 0.1) is 5.60 Å². The maximum Gasteiger partial charge on any atom is 0.0964 e. The van der Waals surface area contributed by atoms with E-state index >= 15 is 0 Å². The molecule has 0 atom stereocenters. The molecule has 4 bridgehead atoms. The smallest absolute Gasteiger partial charge is 0.0964 e. The average molecular weight is 389 g/mol. The predicted molar refractivity (Wildman–Crippen MR) is 115 cm³/mol. The van der Waals surface area contributed by atoms with Crippen LogP contribution in [-0.4, -0.2) is 5.11 Å². The molecule has 0 radical (unpaired) electrons. The minimum absolute atomic E-state index is 0.371. The molecule has 0 amide bonds. The fourth-order valence-corrected chi connectivity index (χ4v) is 7.16. The Morgan fingerprint density at radius 2 is 1.36 bits per heavy atom. The quantitative estimate of drug-likeness (QED) is 0.511. The Bertz CT molecular complexity index is 1040. The molecular weight excluding hydrogens is 364 g/mol. The first-order valence-corrected chi connectivity index (χ1v) is 11.0. The Labute approximate surface area is 171 Å². The van der Waals surface area contributed by atoms with Gasteiger partial charge in [0.1, 0.15) is 0 Å². The number of fused-ring (bicyclic) bond motifs is 1. The second-order valence-electron chi connectivity index (χ2n) is 9.32. The van der Waals surface area contributed by atoms with Crippen LogP contribution in [-0.2, 0) is 5.60 Å².